The highest BCUT2D eigenvalue weighted by Crippen LogP contribution is 2.20. The average Bonchev–Trinajstić information content (AvgIpc) is 2.97. The molecule has 5 heteroatoms. The number of rotatable bonds is 18. The molecule has 206 valence electrons. The maximum Gasteiger partial charge on any atom is 0.253 e. The molecule has 1 heterocycles. The van der Waals surface area contributed by atoms with Crippen LogP contribution in [0.1, 0.15) is 68.6 Å². The summed E-state index contributed by atoms with van der Waals surface area (Å²) in [5.74, 6) is -0.197. The third-order valence-corrected chi connectivity index (χ3v) is 5.76. The maximum absolute atomic E-state index is 12.6. The van der Waals surface area contributed by atoms with Crippen LogP contribution in [0.25, 0.3) is 11.3 Å². The van der Waals surface area contributed by atoms with E-state index in [0.717, 1.165) is 50.5 Å². The van der Waals surface area contributed by atoms with Gasteiger partial charge in [0.15, 0.2) is 0 Å². The molecule has 0 bridgehead atoms. The smallest absolute Gasteiger partial charge is 0.253 e. The first-order chi connectivity index (χ1) is 19.2. The molecule has 0 aliphatic heterocycles. The molecule has 0 fully saturated rings. The fourth-order valence-electron chi connectivity index (χ4n) is 3.73. The van der Waals surface area contributed by atoms with Crippen LogP contribution in [0, 0.1) is 0 Å². The van der Waals surface area contributed by atoms with Gasteiger partial charge in [0.1, 0.15) is 0 Å². The van der Waals surface area contributed by atoms with Gasteiger partial charge >= 0.3 is 0 Å². The van der Waals surface area contributed by atoms with Gasteiger partial charge in [-0.3, -0.25) is 14.6 Å². The Morgan fingerprint density at radius 2 is 1.31 bits per heavy atom. The van der Waals surface area contributed by atoms with Crippen LogP contribution >= 0.6 is 0 Å². The summed E-state index contributed by atoms with van der Waals surface area (Å²) in [7, 11) is 0. The largest absolute Gasteiger partial charge is 0.354 e. The summed E-state index contributed by atoms with van der Waals surface area (Å²) in [6.45, 7) is 2.91. The third-order valence-electron chi connectivity index (χ3n) is 5.76. The van der Waals surface area contributed by atoms with Gasteiger partial charge in [-0.25, -0.2) is 0 Å². The minimum Gasteiger partial charge on any atom is -0.354 e. The van der Waals surface area contributed by atoms with E-state index in [1.54, 1.807) is 18.3 Å². The number of carbonyl (C=O) groups excluding carboxylic acids is 2. The highest BCUT2D eigenvalue weighted by atomic mass is 16.2. The first-order valence-corrected chi connectivity index (χ1v) is 14.0. The van der Waals surface area contributed by atoms with Crippen molar-refractivity contribution in [3.63, 3.8) is 0 Å². The van der Waals surface area contributed by atoms with Gasteiger partial charge in [0, 0.05) is 31.3 Å². The number of hydrogen-bond acceptors (Lipinski definition) is 3. The highest BCUT2D eigenvalue weighted by Gasteiger charge is 2.13. The molecule has 2 N–H and O–H groups in total. The van der Waals surface area contributed by atoms with Crippen molar-refractivity contribution in [2.75, 3.05) is 13.1 Å². The molecule has 0 saturated heterocycles. The van der Waals surface area contributed by atoms with Gasteiger partial charge in [-0.2, -0.15) is 0 Å². The first kappa shape index (κ1) is 31.2. The topological polar surface area (TPSA) is 71.1 Å². The van der Waals surface area contributed by atoms with Crippen LogP contribution in [-0.4, -0.2) is 29.9 Å². The van der Waals surface area contributed by atoms with E-state index in [-0.39, 0.29) is 11.8 Å². The number of nitrogens with zero attached hydrogens (tertiary/aromatic N) is 1. The van der Waals surface area contributed by atoms with Crippen molar-refractivity contribution in [3.8, 4) is 11.3 Å². The van der Waals surface area contributed by atoms with E-state index in [0.29, 0.717) is 30.8 Å². The molecule has 0 unspecified atom stereocenters. The van der Waals surface area contributed by atoms with Crippen molar-refractivity contribution < 1.29 is 9.59 Å². The molecule has 2 aromatic rings. The van der Waals surface area contributed by atoms with Gasteiger partial charge in [-0.05, 0) is 57.1 Å². The molecular weight excluding hydrogens is 482 g/mol. The molecule has 1 aromatic carbocycles. The van der Waals surface area contributed by atoms with Crippen LogP contribution in [0.5, 0.6) is 0 Å². The zero-order chi connectivity index (χ0) is 27.8. The van der Waals surface area contributed by atoms with E-state index in [1.165, 1.54) is 0 Å². The number of allylic oxidation sites excluding steroid dienone is 10. The Balaban J connectivity index is 1.50. The second-order valence-electron chi connectivity index (χ2n) is 8.97. The molecule has 0 saturated carbocycles. The number of pyridine rings is 1. The molecule has 2 rings (SSSR count). The second-order valence-corrected chi connectivity index (χ2v) is 8.97. The predicted molar refractivity (Wildman–Crippen MR) is 163 cm³/mol. The summed E-state index contributed by atoms with van der Waals surface area (Å²) in [6, 6.07) is 13.1. The standard InChI is InChI=1S/C34H43N3O2/c1-2-3-4-5-6-7-8-9-10-11-12-13-14-15-16-17-21-26-32(38)35-28-29-37-34(39)31-25-22-27-36-33(31)30-23-19-18-20-24-30/h3-4,6-7,9-10,12-13,15-16,18-20,22-25,27H,2,5,8,11,14,17,21,26,28-29H2,1H3,(H,35,38)(H,37,39). The fourth-order valence-corrected chi connectivity index (χ4v) is 3.73. The van der Waals surface area contributed by atoms with Gasteiger partial charge in [0.05, 0.1) is 11.3 Å². The van der Waals surface area contributed by atoms with Crippen LogP contribution in [0.4, 0.5) is 0 Å². The Morgan fingerprint density at radius 1 is 0.718 bits per heavy atom. The van der Waals surface area contributed by atoms with Crippen molar-refractivity contribution in [1.29, 1.82) is 0 Å². The zero-order valence-corrected chi connectivity index (χ0v) is 23.2. The van der Waals surface area contributed by atoms with Gasteiger partial charge in [-0.1, -0.05) is 98.0 Å². The summed E-state index contributed by atoms with van der Waals surface area (Å²) in [6.07, 6.45) is 30.6. The van der Waals surface area contributed by atoms with Crippen LogP contribution in [0.15, 0.2) is 109 Å². The Bertz CT molecular complexity index is 1110. The number of unbranched alkanes of at least 4 members (excludes halogenated alkanes) is 1. The van der Waals surface area contributed by atoms with E-state index in [9.17, 15) is 9.59 Å². The van der Waals surface area contributed by atoms with Gasteiger partial charge < -0.3 is 10.6 Å². The Morgan fingerprint density at radius 3 is 1.95 bits per heavy atom. The van der Waals surface area contributed by atoms with E-state index in [1.807, 2.05) is 30.3 Å². The molecule has 0 atom stereocenters. The number of aromatic nitrogens is 1. The predicted octanol–water partition coefficient (Wildman–Crippen LogP) is 7.52. The minimum absolute atomic E-state index is 0.00273. The summed E-state index contributed by atoms with van der Waals surface area (Å²) in [4.78, 5) is 29.1. The zero-order valence-electron chi connectivity index (χ0n) is 23.2. The van der Waals surface area contributed by atoms with Crippen molar-refractivity contribution >= 4 is 11.8 Å². The molecule has 0 spiro atoms. The van der Waals surface area contributed by atoms with Crippen molar-refractivity contribution in [2.45, 2.75) is 58.3 Å². The van der Waals surface area contributed by atoms with E-state index in [2.05, 4.69) is 83.3 Å². The molecular formula is C34H43N3O2. The molecule has 1 aromatic heterocycles. The SMILES string of the molecule is CCC=CCC=CCC=CCC=CCC=CCCCC(=O)NCCNC(=O)c1cccnc1-c1ccccc1. The van der Waals surface area contributed by atoms with Crippen LogP contribution in [0.3, 0.4) is 0 Å². The third kappa shape index (κ3) is 14.5. The Kier molecular flexibility index (Phi) is 16.8. The van der Waals surface area contributed by atoms with E-state index in [4.69, 9.17) is 0 Å². The fraction of sp³-hybridized carbons (Fsp3) is 0.324. The van der Waals surface area contributed by atoms with Gasteiger partial charge in [0.25, 0.3) is 5.91 Å². The summed E-state index contributed by atoms with van der Waals surface area (Å²) >= 11 is 0. The van der Waals surface area contributed by atoms with E-state index >= 15 is 0 Å². The van der Waals surface area contributed by atoms with E-state index < -0.39 is 0 Å². The Hall–Kier alpha value is -3.99. The lowest BCUT2D eigenvalue weighted by molar-refractivity contribution is -0.121. The van der Waals surface area contributed by atoms with Crippen LogP contribution < -0.4 is 10.6 Å². The molecule has 0 aliphatic rings. The summed E-state index contributed by atoms with van der Waals surface area (Å²) in [5, 5.41) is 5.74. The number of amides is 2. The minimum atomic E-state index is -0.199. The molecule has 0 radical (unpaired) electrons. The summed E-state index contributed by atoms with van der Waals surface area (Å²) in [5.41, 5.74) is 2.06. The lowest BCUT2D eigenvalue weighted by Crippen LogP contribution is -2.34. The van der Waals surface area contributed by atoms with Crippen molar-refractivity contribution in [1.82, 2.24) is 15.6 Å². The first-order valence-electron chi connectivity index (χ1n) is 14.0. The molecule has 0 aliphatic carbocycles. The number of nitrogens with one attached hydrogen (secondary N) is 2. The second kappa shape index (κ2) is 21.0. The maximum atomic E-state index is 12.6. The van der Waals surface area contributed by atoms with Crippen LogP contribution in [0.2, 0.25) is 0 Å². The summed E-state index contributed by atoms with van der Waals surface area (Å²) < 4.78 is 0. The Labute approximate surface area is 234 Å². The monoisotopic (exact) mass is 525 g/mol. The lowest BCUT2D eigenvalue weighted by Gasteiger charge is -2.10. The van der Waals surface area contributed by atoms with Gasteiger partial charge in [0.2, 0.25) is 5.91 Å². The van der Waals surface area contributed by atoms with Crippen LogP contribution in [-0.2, 0) is 4.79 Å². The van der Waals surface area contributed by atoms with Crippen molar-refractivity contribution in [3.05, 3.63) is 115 Å². The quantitative estimate of drug-likeness (QED) is 0.156. The normalized spacial score (nSPS) is 11.9. The number of benzene rings is 1. The number of carbonyl (C=O) groups is 2. The molecule has 39 heavy (non-hydrogen) atoms. The van der Waals surface area contributed by atoms with Crippen molar-refractivity contribution in [2.24, 2.45) is 0 Å². The number of hydrogen-bond donors (Lipinski definition) is 2. The molecule has 2 amide bonds. The van der Waals surface area contributed by atoms with Gasteiger partial charge in [-0.15, -0.1) is 0 Å². The lowest BCUT2D eigenvalue weighted by atomic mass is 10.1. The average molecular weight is 526 g/mol. The molecule has 5 nitrogen and oxygen atoms in total. The highest BCUT2D eigenvalue weighted by molar-refractivity contribution is 5.99.